The first kappa shape index (κ1) is 12.9. The molecule has 2 aromatic rings. The molecule has 100 valence electrons. The molecule has 1 saturated heterocycles. The lowest BCUT2D eigenvalue weighted by Gasteiger charge is -2.24. The lowest BCUT2D eigenvalue weighted by Crippen LogP contribution is -2.28. The van der Waals surface area contributed by atoms with Gasteiger partial charge in [-0.05, 0) is 44.0 Å². The number of hydrogen-bond donors (Lipinski definition) is 1. The number of nitrogens with zero attached hydrogens (tertiary/aromatic N) is 2. The number of aryl methyl sites for hydroxylation is 1. The topological polar surface area (TPSA) is 29.9 Å². The number of aromatic nitrogens is 2. The summed E-state index contributed by atoms with van der Waals surface area (Å²) in [5.74, 6) is 0. The average Bonchev–Trinajstić information content (AvgIpc) is 2.92. The zero-order valence-corrected chi connectivity index (χ0v) is 12.7. The van der Waals surface area contributed by atoms with E-state index >= 15 is 0 Å². The van der Waals surface area contributed by atoms with Gasteiger partial charge in [-0.25, -0.2) is 4.98 Å². The van der Waals surface area contributed by atoms with E-state index in [1.165, 1.54) is 30.5 Å². The number of hydrogen-bond acceptors (Lipinski definition) is 2. The van der Waals surface area contributed by atoms with Gasteiger partial charge in [0.25, 0.3) is 0 Å². The van der Waals surface area contributed by atoms with Crippen molar-refractivity contribution in [1.82, 2.24) is 14.9 Å². The maximum Gasteiger partial charge on any atom is 0.0994 e. The number of piperidine rings is 1. The molecule has 1 unspecified atom stereocenters. The molecule has 0 saturated carbocycles. The molecular formula is C15H18BrN3. The molecule has 1 aromatic heterocycles. The van der Waals surface area contributed by atoms with Gasteiger partial charge in [-0.3, -0.25) is 0 Å². The summed E-state index contributed by atoms with van der Waals surface area (Å²) in [6.45, 7) is 3.21. The maximum atomic E-state index is 4.33. The van der Waals surface area contributed by atoms with Gasteiger partial charge in [0.2, 0.25) is 0 Å². The lowest BCUT2D eigenvalue weighted by atomic mass is 10.0. The molecule has 2 heterocycles. The van der Waals surface area contributed by atoms with Crippen molar-refractivity contribution in [2.24, 2.45) is 0 Å². The van der Waals surface area contributed by atoms with E-state index in [0.29, 0.717) is 6.04 Å². The summed E-state index contributed by atoms with van der Waals surface area (Å²) in [6.07, 6.45) is 7.65. The number of benzene rings is 1. The van der Waals surface area contributed by atoms with E-state index in [1.54, 1.807) is 0 Å². The van der Waals surface area contributed by atoms with E-state index in [4.69, 9.17) is 0 Å². The van der Waals surface area contributed by atoms with Crippen LogP contribution < -0.4 is 5.32 Å². The third kappa shape index (κ3) is 2.60. The molecule has 1 N–H and O–H groups in total. The molecule has 4 heteroatoms. The number of imidazole rings is 1. The van der Waals surface area contributed by atoms with Crippen LogP contribution in [0.2, 0.25) is 0 Å². The van der Waals surface area contributed by atoms with Gasteiger partial charge in [0.1, 0.15) is 0 Å². The van der Waals surface area contributed by atoms with Crippen LogP contribution in [0, 0.1) is 6.92 Å². The molecule has 0 radical (unpaired) electrons. The van der Waals surface area contributed by atoms with Crippen molar-refractivity contribution in [3.05, 3.63) is 46.5 Å². The van der Waals surface area contributed by atoms with Gasteiger partial charge in [-0.1, -0.05) is 28.4 Å². The fraction of sp³-hybridized carbons (Fsp3) is 0.400. The van der Waals surface area contributed by atoms with E-state index < -0.39 is 0 Å². The van der Waals surface area contributed by atoms with Crippen molar-refractivity contribution in [3.63, 3.8) is 0 Å². The summed E-state index contributed by atoms with van der Waals surface area (Å²) >= 11 is 3.60. The first-order valence-corrected chi connectivity index (χ1v) is 7.57. The fourth-order valence-corrected chi connectivity index (χ4v) is 2.98. The predicted octanol–water partition coefficient (Wildman–Crippen LogP) is 3.76. The summed E-state index contributed by atoms with van der Waals surface area (Å²) < 4.78 is 3.33. The molecule has 3 rings (SSSR count). The summed E-state index contributed by atoms with van der Waals surface area (Å²) in [4.78, 5) is 4.33. The van der Waals surface area contributed by atoms with Crippen molar-refractivity contribution in [3.8, 4) is 5.69 Å². The Bertz CT molecular complexity index is 571. The summed E-state index contributed by atoms with van der Waals surface area (Å²) in [7, 11) is 0. The minimum Gasteiger partial charge on any atom is -0.309 e. The van der Waals surface area contributed by atoms with Gasteiger partial charge in [0.15, 0.2) is 0 Å². The van der Waals surface area contributed by atoms with Crippen LogP contribution in [0.25, 0.3) is 5.69 Å². The molecule has 1 aliphatic rings. The molecule has 0 amide bonds. The van der Waals surface area contributed by atoms with Crippen molar-refractivity contribution < 1.29 is 0 Å². The second kappa shape index (κ2) is 5.47. The minimum absolute atomic E-state index is 0.427. The molecule has 1 aromatic carbocycles. The predicted molar refractivity (Wildman–Crippen MR) is 80.6 cm³/mol. The van der Waals surface area contributed by atoms with E-state index in [9.17, 15) is 0 Å². The zero-order chi connectivity index (χ0) is 13.2. The Labute approximate surface area is 122 Å². The van der Waals surface area contributed by atoms with Crippen LogP contribution in [-0.2, 0) is 0 Å². The number of rotatable bonds is 2. The summed E-state index contributed by atoms with van der Waals surface area (Å²) in [6, 6.07) is 6.87. The Morgan fingerprint density at radius 3 is 3.00 bits per heavy atom. The fourth-order valence-electron chi connectivity index (χ4n) is 2.61. The first-order valence-electron chi connectivity index (χ1n) is 6.78. The first-order chi connectivity index (χ1) is 9.25. The standard InChI is InChI=1S/C15H18BrN3/c1-11-5-6-12(8-13(11)16)19-10-17-9-15(19)14-4-2-3-7-18-14/h5-6,8-10,14,18H,2-4,7H2,1H3. The highest BCUT2D eigenvalue weighted by atomic mass is 79.9. The van der Waals surface area contributed by atoms with Crippen LogP contribution in [0.5, 0.6) is 0 Å². The van der Waals surface area contributed by atoms with Gasteiger partial charge in [0.05, 0.1) is 18.2 Å². The van der Waals surface area contributed by atoms with E-state index in [1.807, 2.05) is 12.5 Å². The molecule has 3 nitrogen and oxygen atoms in total. The summed E-state index contributed by atoms with van der Waals surface area (Å²) in [5, 5.41) is 3.59. The highest BCUT2D eigenvalue weighted by Gasteiger charge is 2.19. The van der Waals surface area contributed by atoms with Crippen molar-refractivity contribution in [2.75, 3.05) is 6.54 Å². The Hall–Kier alpha value is -1.13. The lowest BCUT2D eigenvalue weighted by molar-refractivity contribution is 0.402. The third-order valence-electron chi connectivity index (χ3n) is 3.77. The van der Waals surface area contributed by atoms with E-state index in [-0.39, 0.29) is 0 Å². The second-order valence-corrected chi connectivity index (χ2v) is 5.98. The molecule has 0 spiro atoms. The van der Waals surface area contributed by atoms with Gasteiger partial charge in [-0.2, -0.15) is 0 Å². The van der Waals surface area contributed by atoms with Gasteiger partial charge in [-0.15, -0.1) is 0 Å². The average molecular weight is 320 g/mol. The second-order valence-electron chi connectivity index (χ2n) is 5.12. The van der Waals surface area contributed by atoms with E-state index in [0.717, 1.165) is 16.7 Å². The molecule has 0 aliphatic carbocycles. The van der Waals surface area contributed by atoms with Crippen LogP contribution in [0.15, 0.2) is 35.2 Å². The third-order valence-corrected chi connectivity index (χ3v) is 4.62. The van der Waals surface area contributed by atoms with Crippen molar-refractivity contribution >= 4 is 15.9 Å². The van der Waals surface area contributed by atoms with Crippen LogP contribution in [-0.4, -0.2) is 16.1 Å². The number of nitrogens with one attached hydrogen (secondary N) is 1. The summed E-state index contributed by atoms with van der Waals surface area (Å²) in [5.41, 5.74) is 3.68. The molecule has 0 bridgehead atoms. The normalized spacial score (nSPS) is 19.6. The van der Waals surface area contributed by atoms with Crippen LogP contribution in [0.1, 0.15) is 36.6 Å². The molecule has 1 atom stereocenters. The van der Waals surface area contributed by atoms with Crippen molar-refractivity contribution in [2.45, 2.75) is 32.2 Å². The minimum atomic E-state index is 0.427. The zero-order valence-electron chi connectivity index (χ0n) is 11.1. The highest BCUT2D eigenvalue weighted by Crippen LogP contribution is 2.26. The van der Waals surface area contributed by atoms with Gasteiger partial charge < -0.3 is 9.88 Å². The van der Waals surface area contributed by atoms with Crippen molar-refractivity contribution in [1.29, 1.82) is 0 Å². The largest absolute Gasteiger partial charge is 0.309 e. The van der Waals surface area contributed by atoms with Gasteiger partial charge >= 0.3 is 0 Å². The Morgan fingerprint density at radius 1 is 1.37 bits per heavy atom. The monoisotopic (exact) mass is 319 g/mol. The smallest absolute Gasteiger partial charge is 0.0994 e. The molecule has 1 fully saturated rings. The molecule has 19 heavy (non-hydrogen) atoms. The SMILES string of the molecule is Cc1ccc(-n2cncc2C2CCCCN2)cc1Br. The van der Waals surface area contributed by atoms with Gasteiger partial charge in [0, 0.05) is 16.2 Å². The quantitative estimate of drug-likeness (QED) is 0.913. The van der Waals surface area contributed by atoms with Crippen LogP contribution in [0.4, 0.5) is 0 Å². The maximum absolute atomic E-state index is 4.33. The highest BCUT2D eigenvalue weighted by molar-refractivity contribution is 9.10. The molecular weight excluding hydrogens is 302 g/mol. The number of halogens is 1. The van der Waals surface area contributed by atoms with Crippen LogP contribution >= 0.6 is 15.9 Å². The Morgan fingerprint density at radius 2 is 2.26 bits per heavy atom. The Balaban J connectivity index is 1.96. The Kier molecular flexibility index (Phi) is 3.71. The van der Waals surface area contributed by atoms with E-state index in [2.05, 4.69) is 55.9 Å². The molecule has 1 aliphatic heterocycles. The van der Waals surface area contributed by atoms with Crippen LogP contribution in [0.3, 0.4) is 0 Å².